The Morgan fingerprint density at radius 3 is 2.28 bits per heavy atom. The molecule has 32 heavy (non-hydrogen) atoms. The Morgan fingerprint density at radius 1 is 0.938 bits per heavy atom. The van der Waals surface area contributed by atoms with Crippen LogP contribution in [0.25, 0.3) is 11.1 Å². The second-order valence-corrected chi connectivity index (χ2v) is 6.53. The van der Waals surface area contributed by atoms with Crippen LogP contribution >= 0.6 is 0 Å². The number of benzene rings is 3. The predicted octanol–water partition coefficient (Wildman–Crippen LogP) is 3.83. The molecule has 0 aliphatic heterocycles. The highest BCUT2D eigenvalue weighted by atomic mass is 16.6. The summed E-state index contributed by atoms with van der Waals surface area (Å²) in [6.07, 6.45) is 0. The fourth-order valence-corrected chi connectivity index (χ4v) is 2.80. The topological polar surface area (TPSA) is 117 Å². The molecule has 0 aromatic heterocycles. The van der Waals surface area contributed by atoms with Crippen molar-refractivity contribution in [3.05, 3.63) is 82.9 Å². The number of carbonyl (C=O) groups is 2. The van der Waals surface area contributed by atoms with Crippen LogP contribution in [0.5, 0.6) is 11.5 Å². The van der Waals surface area contributed by atoms with E-state index in [0.29, 0.717) is 5.75 Å². The zero-order valence-electron chi connectivity index (χ0n) is 17.1. The Hall–Kier alpha value is -4.40. The van der Waals surface area contributed by atoms with Crippen LogP contribution in [0.15, 0.2) is 72.8 Å². The van der Waals surface area contributed by atoms with Crippen molar-refractivity contribution in [2.45, 2.75) is 0 Å². The number of nitrogens with zero attached hydrogens (tertiary/aromatic N) is 1. The molecule has 0 aliphatic carbocycles. The lowest BCUT2D eigenvalue weighted by Gasteiger charge is -2.11. The molecule has 0 unspecified atom stereocenters. The first-order chi connectivity index (χ1) is 15.5. The molecule has 0 fully saturated rings. The minimum atomic E-state index is -0.738. The fourth-order valence-electron chi connectivity index (χ4n) is 2.80. The van der Waals surface area contributed by atoms with Gasteiger partial charge in [0.25, 0.3) is 11.6 Å². The molecule has 0 saturated carbocycles. The lowest BCUT2D eigenvalue weighted by Crippen LogP contribution is -2.23. The molecule has 9 nitrogen and oxygen atoms in total. The van der Waals surface area contributed by atoms with Gasteiger partial charge in [0.15, 0.2) is 13.2 Å². The summed E-state index contributed by atoms with van der Waals surface area (Å²) < 4.78 is 15.3. The number of carbonyl (C=O) groups excluding carboxylic acids is 2. The lowest BCUT2D eigenvalue weighted by molar-refractivity contribution is -0.384. The van der Waals surface area contributed by atoms with Gasteiger partial charge in [-0.1, -0.05) is 42.5 Å². The molecule has 0 saturated heterocycles. The number of non-ortho nitro benzene ring substituents is 1. The van der Waals surface area contributed by atoms with E-state index in [2.05, 4.69) is 5.32 Å². The van der Waals surface area contributed by atoms with Crippen LogP contribution in [0.4, 0.5) is 11.4 Å². The number of anilines is 1. The summed E-state index contributed by atoms with van der Waals surface area (Å²) >= 11 is 0. The van der Waals surface area contributed by atoms with Crippen molar-refractivity contribution in [2.24, 2.45) is 0 Å². The Morgan fingerprint density at radius 2 is 1.62 bits per heavy atom. The van der Waals surface area contributed by atoms with Gasteiger partial charge in [-0.05, 0) is 29.3 Å². The van der Waals surface area contributed by atoms with E-state index < -0.39 is 23.4 Å². The van der Waals surface area contributed by atoms with Crippen molar-refractivity contribution in [3.8, 4) is 22.6 Å². The number of hydrogen-bond acceptors (Lipinski definition) is 7. The van der Waals surface area contributed by atoms with Crippen molar-refractivity contribution in [1.82, 2.24) is 0 Å². The largest absolute Gasteiger partial charge is 0.495 e. The summed E-state index contributed by atoms with van der Waals surface area (Å²) in [6, 6.07) is 20.8. The van der Waals surface area contributed by atoms with E-state index in [0.717, 1.165) is 17.2 Å². The van der Waals surface area contributed by atoms with Crippen LogP contribution in [-0.2, 0) is 14.3 Å². The average Bonchev–Trinajstić information content (AvgIpc) is 2.82. The summed E-state index contributed by atoms with van der Waals surface area (Å²) in [5.41, 5.74) is 1.95. The second-order valence-electron chi connectivity index (χ2n) is 6.53. The Balaban J connectivity index is 1.47. The molecule has 0 aliphatic rings. The molecule has 1 amide bonds. The molecule has 9 heteroatoms. The van der Waals surface area contributed by atoms with Crippen molar-refractivity contribution < 1.29 is 28.7 Å². The lowest BCUT2D eigenvalue weighted by atomic mass is 10.1. The van der Waals surface area contributed by atoms with Crippen LogP contribution in [-0.4, -0.2) is 37.1 Å². The number of rotatable bonds is 9. The van der Waals surface area contributed by atoms with Crippen LogP contribution in [0.1, 0.15) is 0 Å². The molecule has 0 atom stereocenters. The fraction of sp³-hybridized carbons (Fsp3) is 0.130. The minimum Gasteiger partial charge on any atom is -0.495 e. The highest BCUT2D eigenvalue weighted by molar-refractivity contribution is 5.94. The maximum absolute atomic E-state index is 12.1. The Labute approximate surface area is 183 Å². The van der Waals surface area contributed by atoms with Gasteiger partial charge >= 0.3 is 5.97 Å². The molecule has 0 heterocycles. The summed E-state index contributed by atoms with van der Waals surface area (Å²) in [4.78, 5) is 34.2. The zero-order valence-corrected chi connectivity index (χ0v) is 17.1. The first-order valence-corrected chi connectivity index (χ1v) is 9.52. The number of hydrogen-bond donors (Lipinski definition) is 1. The van der Waals surface area contributed by atoms with Gasteiger partial charge in [0.2, 0.25) is 0 Å². The minimum absolute atomic E-state index is 0.0949. The van der Waals surface area contributed by atoms with E-state index in [9.17, 15) is 19.7 Å². The van der Waals surface area contributed by atoms with Crippen LogP contribution in [0.3, 0.4) is 0 Å². The van der Waals surface area contributed by atoms with Gasteiger partial charge in [0.05, 0.1) is 17.7 Å². The molecule has 0 bridgehead atoms. The molecular formula is C23H20N2O7. The van der Waals surface area contributed by atoms with Crippen molar-refractivity contribution in [2.75, 3.05) is 25.6 Å². The summed E-state index contributed by atoms with van der Waals surface area (Å²) in [5.74, 6) is -0.701. The van der Waals surface area contributed by atoms with E-state index in [1.807, 2.05) is 42.5 Å². The van der Waals surface area contributed by atoms with Gasteiger partial charge in [-0.3, -0.25) is 14.9 Å². The number of nitro groups is 1. The standard InChI is InChI=1S/C23H20N2O7/c1-30-21-12-9-18(25(28)29)13-20(21)24-22(26)14-32-23(27)15-31-19-10-7-17(8-11-19)16-5-3-2-4-6-16/h2-13H,14-15H2,1H3,(H,24,26). The highest BCUT2D eigenvalue weighted by Gasteiger charge is 2.15. The number of nitro benzene ring substituents is 1. The molecular weight excluding hydrogens is 416 g/mol. The SMILES string of the molecule is COc1ccc([N+](=O)[O-])cc1NC(=O)COC(=O)COc1ccc(-c2ccccc2)cc1. The Kier molecular flexibility index (Phi) is 7.37. The Bertz CT molecular complexity index is 1100. The van der Waals surface area contributed by atoms with Gasteiger partial charge in [-0.15, -0.1) is 0 Å². The number of amides is 1. The quantitative estimate of drug-likeness (QED) is 0.308. The normalized spacial score (nSPS) is 10.2. The predicted molar refractivity (Wildman–Crippen MR) is 117 cm³/mol. The average molecular weight is 436 g/mol. The monoisotopic (exact) mass is 436 g/mol. The maximum atomic E-state index is 12.1. The van der Waals surface area contributed by atoms with E-state index in [4.69, 9.17) is 14.2 Å². The summed E-state index contributed by atoms with van der Waals surface area (Å²) in [7, 11) is 1.36. The zero-order chi connectivity index (χ0) is 22.9. The summed E-state index contributed by atoms with van der Waals surface area (Å²) in [5, 5.41) is 13.3. The molecule has 3 aromatic carbocycles. The van der Waals surface area contributed by atoms with Gasteiger partial charge in [-0.25, -0.2) is 4.79 Å². The van der Waals surface area contributed by atoms with Crippen LogP contribution in [0, 0.1) is 10.1 Å². The highest BCUT2D eigenvalue weighted by Crippen LogP contribution is 2.28. The third kappa shape index (κ3) is 6.05. The van der Waals surface area contributed by atoms with E-state index >= 15 is 0 Å². The van der Waals surface area contributed by atoms with Gasteiger partial charge in [-0.2, -0.15) is 0 Å². The van der Waals surface area contributed by atoms with Crippen LogP contribution < -0.4 is 14.8 Å². The third-order valence-corrected chi connectivity index (χ3v) is 4.35. The maximum Gasteiger partial charge on any atom is 0.344 e. The molecule has 164 valence electrons. The third-order valence-electron chi connectivity index (χ3n) is 4.35. The summed E-state index contributed by atoms with van der Waals surface area (Å²) in [6.45, 7) is -0.959. The molecule has 3 rings (SSSR count). The van der Waals surface area contributed by atoms with E-state index in [1.54, 1.807) is 12.1 Å². The van der Waals surface area contributed by atoms with Crippen LogP contribution in [0.2, 0.25) is 0 Å². The number of methoxy groups -OCH3 is 1. The van der Waals surface area contributed by atoms with Crippen molar-refractivity contribution in [1.29, 1.82) is 0 Å². The number of ether oxygens (including phenoxy) is 3. The van der Waals surface area contributed by atoms with E-state index in [-0.39, 0.29) is 23.7 Å². The van der Waals surface area contributed by atoms with Crippen molar-refractivity contribution in [3.63, 3.8) is 0 Å². The second kappa shape index (κ2) is 10.6. The molecule has 1 N–H and O–H groups in total. The van der Waals surface area contributed by atoms with E-state index in [1.165, 1.54) is 19.2 Å². The van der Waals surface area contributed by atoms with Crippen molar-refractivity contribution >= 4 is 23.3 Å². The van der Waals surface area contributed by atoms with Gasteiger partial charge in [0.1, 0.15) is 11.5 Å². The molecule has 3 aromatic rings. The smallest absolute Gasteiger partial charge is 0.344 e. The van der Waals surface area contributed by atoms with Gasteiger partial charge in [0, 0.05) is 12.1 Å². The van der Waals surface area contributed by atoms with Gasteiger partial charge < -0.3 is 19.5 Å². The first-order valence-electron chi connectivity index (χ1n) is 9.52. The first kappa shape index (κ1) is 22.3. The number of esters is 1. The number of nitrogens with one attached hydrogen (secondary N) is 1. The molecule has 0 spiro atoms. The molecule has 0 radical (unpaired) electrons.